The van der Waals surface area contributed by atoms with Gasteiger partial charge in [-0.15, -0.1) is 11.6 Å². The zero-order valence-corrected chi connectivity index (χ0v) is 7.62. The zero-order chi connectivity index (χ0) is 9.68. The molecule has 0 bridgehead atoms. The second kappa shape index (κ2) is 4.67. The largest absolute Gasteiger partial charge is 0.268 e. The number of hydrogen-bond acceptors (Lipinski definition) is 2. The molecule has 70 valence electrons. The maximum Gasteiger partial charge on any atom is 0.265 e. The van der Waals surface area contributed by atoms with Gasteiger partial charge in [0.05, 0.1) is 6.54 Å². The van der Waals surface area contributed by atoms with Gasteiger partial charge in [-0.2, -0.15) is 0 Å². The van der Waals surface area contributed by atoms with Crippen molar-refractivity contribution >= 4 is 11.6 Å². The Balaban J connectivity index is 2.88. The third kappa shape index (κ3) is 2.91. The van der Waals surface area contributed by atoms with Crippen molar-refractivity contribution in [1.82, 2.24) is 9.78 Å². The first-order valence-corrected chi connectivity index (χ1v) is 4.28. The summed E-state index contributed by atoms with van der Waals surface area (Å²) in [5.41, 5.74) is -0.530. The molecule has 4 nitrogen and oxygen atoms in total. The van der Waals surface area contributed by atoms with Crippen molar-refractivity contribution in [2.75, 3.05) is 5.88 Å². The smallest absolute Gasteiger partial charge is 0.265 e. The summed E-state index contributed by atoms with van der Waals surface area (Å²) in [6, 6.07) is 2.43. The summed E-state index contributed by atoms with van der Waals surface area (Å²) in [7, 11) is 0. The molecule has 0 aliphatic carbocycles. The molecule has 0 saturated heterocycles. The number of alkyl halides is 1. The van der Waals surface area contributed by atoms with E-state index in [9.17, 15) is 9.59 Å². The minimum absolute atomic E-state index is 0.237. The number of aromatic nitrogens is 2. The molecule has 0 aliphatic rings. The lowest BCUT2D eigenvalue weighted by Gasteiger charge is -1.98. The molecule has 1 N–H and O–H groups in total. The summed E-state index contributed by atoms with van der Waals surface area (Å²) >= 11 is 5.39. The molecule has 1 aromatic heterocycles. The van der Waals surface area contributed by atoms with Crippen molar-refractivity contribution in [2.24, 2.45) is 0 Å². The number of aromatic amines is 1. The molecule has 0 atom stereocenters. The number of allylic oxidation sites excluding steroid dienone is 2. The summed E-state index contributed by atoms with van der Waals surface area (Å²) in [5, 5.41) is 2.39. The molecule has 0 unspecified atom stereocenters. The number of hydrogen-bond donors (Lipinski definition) is 1. The van der Waals surface area contributed by atoms with Crippen LogP contribution >= 0.6 is 11.6 Å². The van der Waals surface area contributed by atoms with Crippen LogP contribution in [0.3, 0.4) is 0 Å². The van der Waals surface area contributed by atoms with E-state index in [1.54, 1.807) is 12.2 Å². The number of rotatable bonds is 3. The van der Waals surface area contributed by atoms with Crippen LogP contribution in [-0.4, -0.2) is 15.7 Å². The molecule has 0 fully saturated rings. The predicted octanol–water partition coefficient (Wildman–Crippen LogP) is 0.332. The molecule has 1 heterocycles. The van der Waals surface area contributed by atoms with Gasteiger partial charge in [0.25, 0.3) is 11.1 Å². The van der Waals surface area contributed by atoms with E-state index in [0.717, 1.165) is 0 Å². The second-order valence-corrected chi connectivity index (χ2v) is 2.69. The van der Waals surface area contributed by atoms with Gasteiger partial charge in [0, 0.05) is 18.0 Å². The number of nitrogens with one attached hydrogen (secondary N) is 1. The highest BCUT2D eigenvalue weighted by Gasteiger charge is 1.91. The van der Waals surface area contributed by atoms with E-state index >= 15 is 0 Å². The molecule has 1 rings (SSSR count). The standard InChI is InChI=1S/C8H9ClN2O2/c9-5-1-2-6-11-8(13)4-3-7(12)10-11/h1-4H,5-6H2,(H,10,12)/b2-1+. The Labute approximate surface area is 79.4 Å². The summed E-state index contributed by atoms with van der Waals surface area (Å²) in [6.45, 7) is 0.335. The Morgan fingerprint density at radius 1 is 1.38 bits per heavy atom. The second-order valence-electron chi connectivity index (χ2n) is 2.38. The highest BCUT2D eigenvalue weighted by molar-refractivity contribution is 6.18. The number of nitrogens with zero attached hydrogens (tertiary/aromatic N) is 1. The van der Waals surface area contributed by atoms with Crippen molar-refractivity contribution < 1.29 is 0 Å². The average molecular weight is 201 g/mol. The van der Waals surface area contributed by atoms with Gasteiger partial charge < -0.3 is 0 Å². The molecule has 0 amide bonds. The van der Waals surface area contributed by atoms with Crippen LogP contribution < -0.4 is 11.1 Å². The summed E-state index contributed by atoms with van der Waals surface area (Å²) < 4.78 is 1.21. The molecule has 13 heavy (non-hydrogen) atoms. The van der Waals surface area contributed by atoms with E-state index < -0.39 is 0 Å². The first kappa shape index (κ1) is 9.80. The van der Waals surface area contributed by atoms with Gasteiger partial charge in [0.15, 0.2) is 0 Å². The highest BCUT2D eigenvalue weighted by atomic mass is 35.5. The third-order valence-corrected chi connectivity index (χ3v) is 1.61. The van der Waals surface area contributed by atoms with Crippen LogP contribution in [-0.2, 0) is 6.54 Å². The summed E-state index contributed by atoms with van der Waals surface area (Å²) in [5.74, 6) is 0.395. The molecule has 1 aromatic rings. The molecular formula is C8H9ClN2O2. The van der Waals surface area contributed by atoms with E-state index in [1.807, 2.05) is 0 Å². The minimum atomic E-state index is -0.293. The van der Waals surface area contributed by atoms with Gasteiger partial charge in [-0.1, -0.05) is 12.2 Å². The van der Waals surface area contributed by atoms with Crippen molar-refractivity contribution in [2.45, 2.75) is 6.54 Å². The first-order valence-electron chi connectivity index (χ1n) is 3.75. The lowest BCUT2D eigenvalue weighted by atomic mass is 10.5. The fourth-order valence-electron chi connectivity index (χ4n) is 0.841. The van der Waals surface area contributed by atoms with Crippen LogP contribution in [0.4, 0.5) is 0 Å². The van der Waals surface area contributed by atoms with Gasteiger partial charge in [-0.25, -0.2) is 4.68 Å². The minimum Gasteiger partial charge on any atom is -0.268 e. The maximum atomic E-state index is 11.1. The molecule has 0 aromatic carbocycles. The van der Waals surface area contributed by atoms with Gasteiger partial charge in [-0.3, -0.25) is 14.7 Å². The molecule has 0 saturated carbocycles. The van der Waals surface area contributed by atoms with E-state index in [2.05, 4.69) is 5.10 Å². The molecule has 5 heteroatoms. The van der Waals surface area contributed by atoms with Crippen molar-refractivity contribution in [3.63, 3.8) is 0 Å². The lowest BCUT2D eigenvalue weighted by Crippen LogP contribution is -2.27. The van der Waals surface area contributed by atoms with Crippen molar-refractivity contribution in [1.29, 1.82) is 0 Å². The molecule has 0 radical (unpaired) electrons. The van der Waals surface area contributed by atoms with Crippen LogP contribution in [0, 0.1) is 0 Å². The average Bonchev–Trinajstić information content (AvgIpc) is 2.11. The SMILES string of the molecule is O=c1ccc(=O)n(C/C=C/CCl)[nH]1. The van der Waals surface area contributed by atoms with Gasteiger partial charge >= 0.3 is 0 Å². The van der Waals surface area contributed by atoms with Crippen LogP contribution in [0.5, 0.6) is 0 Å². The fourth-order valence-corrected chi connectivity index (χ4v) is 0.967. The van der Waals surface area contributed by atoms with E-state index in [1.165, 1.54) is 16.8 Å². The number of halogens is 1. The lowest BCUT2D eigenvalue weighted by molar-refractivity contribution is 0.638. The monoisotopic (exact) mass is 200 g/mol. The van der Waals surface area contributed by atoms with Crippen LogP contribution in [0.25, 0.3) is 0 Å². The predicted molar refractivity (Wildman–Crippen MR) is 51.2 cm³/mol. The Morgan fingerprint density at radius 3 is 2.85 bits per heavy atom. The first-order chi connectivity index (χ1) is 6.24. The van der Waals surface area contributed by atoms with Gasteiger partial charge in [0.2, 0.25) is 0 Å². The summed E-state index contributed by atoms with van der Waals surface area (Å²) in [4.78, 5) is 21.9. The Bertz CT molecular complexity index is 405. The van der Waals surface area contributed by atoms with Crippen molar-refractivity contribution in [3.8, 4) is 0 Å². The van der Waals surface area contributed by atoms with Gasteiger partial charge in [-0.05, 0) is 0 Å². The van der Waals surface area contributed by atoms with Crippen LogP contribution in [0.2, 0.25) is 0 Å². The van der Waals surface area contributed by atoms with E-state index in [4.69, 9.17) is 11.6 Å². The third-order valence-electron chi connectivity index (χ3n) is 1.43. The highest BCUT2D eigenvalue weighted by Crippen LogP contribution is 1.80. The molecule has 0 aliphatic heterocycles. The van der Waals surface area contributed by atoms with E-state index in [0.29, 0.717) is 12.4 Å². The molecular weight excluding hydrogens is 192 g/mol. The fraction of sp³-hybridized carbons (Fsp3) is 0.250. The van der Waals surface area contributed by atoms with Crippen LogP contribution in [0.15, 0.2) is 33.9 Å². The van der Waals surface area contributed by atoms with Gasteiger partial charge in [0.1, 0.15) is 0 Å². The van der Waals surface area contributed by atoms with E-state index in [-0.39, 0.29) is 11.1 Å². The Morgan fingerprint density at radius 2 is 2.15 bits per heavy atom. The Hall–Kier alpha value is -1.29. The normalized spacial score (nSPS) is 10.8. The molecule has 0 spiro atoms. The topological polar surface area (TPSA) is 54.9 Å². The van der Waals surface area contributed by atoms with Crippen molar-refractivity contribution in [3.05, 3.63) is 45.0 Å². The maximum absolute atomic E-state index is 11.1. The van der Waals surface area contributed by atoms with Crippen LogP contribution in [0.1, 0.15) is 0 Å². The summed E-state index contributed by atoms with van der Waals surface area (Å²) in [6.07, 6.45) is 3.42. The zero-order valence-electron chi connectivity index (χ0n) is 6.87. The Kier molecular flexibility index (Phi) is 3.52. The quantitative estimate of drug-likeness (QED) is 0.565. The number of H-pyrrole nitrogens is 1.